The molecule has 0 radical (unpaired) electrons. The van der Waals surface area contributed by atoms with Gasteiger partial charge >= 0.3 is 29.6 Å². The number of nitrogens with two attached hydrogens (primary N) is 1. The molecule has 0 saturated carbocycles. The number of nitrogen functional groups attached to an aromatic ring is 1. The van der Waals surface area contributed by atoms with Crippen molar-refractivity contribution in [3.63, 3.8) is 0 Å². The van der Waals surface area contributed by atoms with Gasteiger partial charge in [-0.05, 0) is 12.1 Å². The number of hydrogen-bond acceptors (Lipinski definition) is 2. The Morgan fingerprint density at radius 3 is 2.38 bits per heavy atom. The third-order valence-electron chi connectivity index (χ3n) is 0.688. The van der Waals surface area contributed by atoms with Crippen LogP contribution in [0.15, 0.2) is 24.4 Å². The summed E-state index contributed by atoms with van der Waals surface area (Å²) in [4.78, 5) is 3.76. The van der Waals surface area contributed by atoms with Crippen LogP contribution in [0.5, 0.6) is 0 Å². The minimum atomic E-state index is 0. The zero-order chi connectivity index (χ0) is 5.11. The predicted molar refractivity (Wildman–Crippen MR) is 35.8 cm³/mol. The summed E-state index contributed by atoms with van der Waals surface area (Å²) in [6, 6.07) is 5.43. The third-order valence-corrected chi connectivity index (χ3v) is 0.688. The van der Waals surface area contributed by atoms with E-state index in [4.69, 9.17) is 5.73 Å². The molecule has 1 aromatic rings. The van der Waals surface area contributed by atoms with E-state index in [2.05, 4.69) is 4.98 Å². The number of aromatic nitrogens is 1. The van der Waals surface area contributed by atoms with Crippen LogP contribution in [0.2, 0.25) is 0 Å². The van der Waals surface area contributed by atoms with E-state index < -0.39 is 0 Å². The SMILES string of the molecule is Nc1ccccn1.[NaH]. The van der Waals surface area contributed by atoms with Crippen LogP contribution in [-0.4, -0.2) is 34.5 Å². The fourth-order valence-electron chi connectivity index (χ4n) is 0.376. The van der Waals surface area contributed by atoms with Crippen molar-refractivity contribution in [2.75, 3.05) is 5.73 Å². The van der Waals surface area contributed by atoms with E-state index in [0.717, 1.165) is 0 Å². The normalized spacial score (nSPS) is 7.50. The summed E-state index contributed by atoms with van der Waals surface area (Å²) in [6.07, 6.45) is 1.66. The minimum absolute atomic E-state index is 0. The molecule has 0 atom stereocenters. The molecule has 1 aromatic heterocycles. The third kappa shape index (κ3) is 2.31. The van der Waals surface area contributed by atoms with Gasteiger partial charge in [0, 0.05) is 6.20 Å². The van der Waals surface area contributed by atoms with Gasteiger partial charge in [-0.3, -0.25) is 0 Å². The average molecular weight is 118 g/mol. The van der Waals surface area contributed by atoms with Gasteiger partial charge in [0.05, 0.1) is 0 Å². The average Bonchev–Trinajstić information content (AvgIpc) is 1.69. The van der Waals surface area contributed by atoms with Gasteiger partial charge in [-0.15, -0.1) is 0 Å². The van der Waals surface area contributed by atoms with Crippen molar-refractivity contribution in [3.8, 4) is 0 Å². The second kappa shape index (κ2) is 3.89. The molecular weight excluding hydrogens is 111 g/mol. The molecule has 1 heterocycles. The van der Waals surface area contributed by atoms with Crippen molar-refractivity contribution in [2.45, 2.75) is 0 Å². The molecule has 3 heteroatoms. The van der Waals surface area contributed by atoms with Crippen LogP contribution in [0, 0.1) is 0 Å². The second-order valence-corrected chi connectivity index (χ2v) is 1.25. The quantitative estimate of drug-likeness (QED) is 0.487. The van der Waals surface area contributed by atoms with Gasteiger partial charge < -0.3 is 5.73 Å². The summed E-state index contributed by atoms with van der Waals surface area (Å²) >= 11 is 0. The maximum absolute atomic E-state index is 5.25. The Kier molecular flexibility index (Phi) is 3.87. The van der Waals surface area contributed by atoms with E-state index in [1.54, 1.807) is 12.3 Å². The van der Waals surface area contributed by atoms with E-state index in [1.165, 1.54) is 0 Å². The van der Waals surface area contributed by atoms with Gasteiger partial charge in [0.2, 0.25) is 0 Å². The molecule has 2 nitrogen and oxygen atoms in total. The zero-order valence-electron chi connectivity index (χ0n) is 3.83. The Morgan fingerprint density at radius 2 is 2.12 bits per heavy atom. The van der Waals surface area contributed by atoms with Crippen LogP contribution in [-0.2, 0) is 0 Å². The standard InChI is InChI=1S/C5H6N2.Na.H/c6-5-3-1-2-4-7-5;;/h1-4H,(H2,6,7);;. The molecule has 0 aliphatic rings. The van der Waals surface area contributed by atoms with Gasteiger partial charge in [-0.2, -0.15) is 0 Å². The molecule has 0 unspecified atom stereocenters. The Bertz CT molecular complexity index is 140. The summed E-state index contributed by atoms with van der Waals surface area (Å²) in [5.41, 5.74) is 5.25. The fourth-order valence-corrected chi connectivity index (χ4v) is 0.376. The second-order valence-electron chi connectivity index (χ2n) is 1.25. The first-order valence-electron chi connectivity index (χ1n) is 2.06. The van der Waals surface area contributed by atoms with Crippen LogP contribution in [0.3, 0.4) is 0 Å². The predicted octanol–water partition coefficient (Wildman–Crippen LogP) is 0.0153. The molecule has 0 saturated heterocycles. The molecule has 2 N–H and O–H groups in total. The number of rotatable bonds is 0. The van der Waals surface area contributed by atoms with Gasteiger partial charge in [0.15, 0.2) is 0 Å². The van der Waals surface area contributed by atoms with E-state index in [-0.39, 0.29) is 29.6 Å². The summed E-state index contributed by atoms with van der Waals surface area (Å²) in [5, 5.41) is 0. The Balaban J connectivity index is 0.000000490. The molecule has 0 amide bonds. The van der Waals surface area contributed by atoms with Crippen molar-refractivity contribution >= 4 is 35.4 Å². The summed E-state index contributed by atoms with van der Waals surface area (Å²) in [5.74, 6) is 0.572. The molecule has 0 fully saturated rings. The number of nitrogens with zero attached hydrogens (tertiary/aromatic N) is 1. The van der Waals surface area contributed by atoms with Crippen LogP contribution in [0.25, 0.3) is 0 Å². The molecule has 38 valence electrons. The molecule has 8 heavy (non-hydrogen) atoms. The topological polar surface area (TPSA) is 38.9 Å². The molecule has 1 rings (SSSR count). The van der Waals surface area contributed by atoms with E-state index in [9.17, 15) is 0 Å². The molecule has 0 aliphatic carbocycles. The van der Waals surface area contributed by atoms with Crippen molar-refractivity contribution in [1.82, 2.24) is 4.98 Å². The van der Waals surface area contributed by atoms with Crippen molar-refractivity contribution in [1.29, 1.82) is 0 Å². The van der Waals surface area contributed by atoms with Crippen molar-refractivity contribution < 1.29 is 0 Å². The van der Waals surface area contributed by atoms with Gasteiger partial charge in [-0.1, -0.05) is 6.07 Å². The van der Waals surface area contributed by atoms with Gasteiger partial charge in [0.1, 0.15) is 5.82 Å². The molecule has 0 aromatic carbocycles. The van der Waals surface area contributed by atoms with Crippen LogP contribution in [0.1, 0.15) is 0 Å². The van der Waals surface area contributed by atoms with E-state index >= 15 is 0 Å². The summed E-state index contributed by atoms with van der Waals surface area (Å²) < 4.78 is 0. The molecule has 0 bridgehead atoms. The monoisotopic (exact) mass is 118 g/mol. The molecule has 0 aliphatic heterocycles. The van der Waals surface area contributed by atoms with Crippen molar-refractivity contribution in [2.24, 2.45) is 0 Å². The Hall–Kier alpha value is -0.0500. The first-order chi connectivity index (χ1) is 3.39. The number of anilines is 1. The Morgan fingerprint density at radius 1 is 1.38 bits per heavy atom. The van der Waals surface area contributed by atoms with Crippen LogP contribution >= 0.6 is 0 Å². The number of hydrogen-bond donors (Lipinski definition) is 1. The molecular formula is C5H7N2Na. The van der Waals surface area contributed by atoms with E-state index in [0.29, 0.717) is 5.82 Å². The number of pyridine rings is 1. The zero-order valence-corrected chi connectivity index (χ0v) is 3.83. The van der Waals surface area contributed by atoms with Gasteiger partial charge in [0.25, 0.3) is 0 Å². The molecule has 0 spiro atoms. The van der Waals surface area contributed by atoms with E-state index in [1.807, 2.05) is 12.1 Å². The van der Waals surface area contributed by atoms with Crippen LogP contribution in [0.4, 0.5) is 5.82 Å². The van der Waals surface area contributed by atoms with Crippen molar-refractivity contribution in [3.05, 3.63) is 24.4 Å². The Labute approximate surface area is 70.4 Å². The first kappa shape index (κ1) is 7.95. The van der Waals surface area contributed by atoms with Crippen LogP contribution < -0.4 is 5.73 Å². The summed E-state index contributed by atoms with van der Waals surface area (Å²) in [7, 11) is 0. The van der Waals surface area contributed by atoms with Gasteiger partial charge in [-0.25, -0.2) is 4.98 Å². The fraction of sp³-hybridized carbons (Fsp3) is 0. The first-order valence-corrected chi connectivity index (χ1v) is 2.06. The summed E-state index contributed by atoms with van der Waals surface area (Å²) in [6.45, 7) is 0. The maximum atomic E-state index is 5.25.